The van der Waals surface area contributed by atoms with Crippen LogP contribution in [0.15, 0.2) is 36.4 Å². The zero-order chi connectivity index (χ0) is 22.2. The number of benzene rings is 2. The maximum Gasteiger partial charge on any atom is 0.107 e. The first kappa shape index (κ1) is 22.6. The molecular weight excluding hydrogens is 392 g/mol. The van der Waals surface area contributed by atoms with Gasteiger partial charge in [0, 0.05) is 12.8 Å². The van der Waals surface area contributed by atoms with E-state index in [4.69, 9.17) is 9.97 Å². The fourth-order valence-corrected chi connectivity index (χ4v) is 4.51. The maximum atomic E-state index is 4.79. The lowest BCUT2D eigenvalue weighted by atomic mass is 10.0. The summed E-state index contributed by atoms with van der Waals surface area (Å²) in [4.78, 5) is 16.7. The van der Waals surface area contributed by atoms with Crippen LogP contribution in [0.1, 0.15) is 89.7 Å². The van der Waals surface area contributed by atoms with Crippen LogP contribution in [0.4, 0.5) is 0 Å². The SMILES string of the molecule is CCCCCCCc1nc2ccc(-c3ccc4nc(CCCCCCC)[nH]c4c3)cc2[nH]1. The predicted octanol–water partition coefficient (Wildman–Crippen LogP) is 8.13. The molecule has 0 aliphatic rings. The number of aromatic nitrogens is 4. The Morgan fingerprint density at radius 1 is 0.562 bits per heavy atom. The van der Waals surface area contributed by atoms with Crippen LogP contribution < -0.4 is 0 Å². The van der Waals surface area contributed by atoms with Crippen LogP contribution in [0.2, 0.25) is 0 Å². The van der Waals surface area contributed by atoms with Crippen molar-refractivity contribution in [2.24, 2.45) is 0 Å². The summed E-state index contributed by atoms with van der Waals surface area (Å²) in [6.07, 6.45) is 15.0. The number of unbranched alkanes of at least 4 members (excludes halogenated alkanes) is 8. The molecule has 0 fully saturated rings. The molecule has 2 N–H and O–H groups in total. The van der Waals surface area contributed by atoms with Gasteiger partial charge in [0.05, 0.1) is 22.1 Å². The lowest BCUT2D eigenvalue weighted by Gasteiger charge is -2.01. The van der Waals surface area contributed by atoms with Gasteiger partial charge in [-0.3, -0.25) is 0 Å². The zero-order valence-electron chi connectivity index (χ0n) is 19.8. The smallest absolute Gasteiger partial charge is 0.107 e. The summed E-state index contributed by atoms with van der Waals surface area (Å²) in [5, 5.41) is 0. The number of nitrogens with zero attached hydrogens (tertiary/aromatic N) is 2. The van der Waals surface area contributed by atoms with E-state index in [-0.39, 0.29) is 0 Å². The largest absolute Gasteiger partial charge is 0.342 e. The van der Waals surface area contributed by atoms with Crippen LogP contribution in [0.3, 0.4) is 0 Å². The molecule has 0 saturated carbocycles. The van der Waals surface area contributed by atoms with Crippen molar-refractivity contribution >= 4 is 22.1 Å². The van der Waals surface area contributed by atoms with Crippen molar-refractivity contribution in [3.8, 4) is 11.1 Å². The summed E-state index contributed by atoms with van der Waals surface area (Å²) in [6, 6.07) is 13.1. The van der Waals surface area contributed by atoms with Gasteiger partial charge < -0.3 is 9.97 Å². The van der Waals surface area contributed by atoms with Gasteiger partial charge in [-0.1, -0.05) is 77.3 Å². The standard InChI is InChI=1S/C28H38N4/c1-3-5-7-9-11-13-27-29-23-17-15-21(19-25(23)31-27)22-16-18-24-26(20-22)32-28(30-24)14-12-10-8-6-4-2/h15-20H,3-14H2,1-2H3,(H,29,31)(H,30,32). The summed E-state index contributed by atoms with van der Waals surface area (Å²) in [6.45, 7) is 4.52. The first-order valence-corrected chi connectivity index (χ1v) is 12.7. The minimum absolute atomic E-state index is 1.04. The average Bonchev–Trinajstić information content (AvgIpc) is 3.40. The highest BCUT2D eigenvalue weighted by Gasteiger charge is 2.08. The number of hydrogen-bond acceptors (Lipinski definition) is 2. The average molecular weight is 431 g/mol. The summed E-state index contributed by atoms with van der Waals surface area (Å²) >= 11 is 0. The van der Waals surface area contributed by atoms with E-state index < -0.39 is 0 Å². The van der Waals surface area contributed by atoms with Crippen molar-refractivity contribution in [1.82, 2.24) is 19.9 Å². The van der Waals surface area contributed by atoms with Crippen LogP contribution in [-0.4, -0.2) is 19.9 Å². The molecule has 170 valence electrons. The number of hydrogen-bond donors (Lipinski definition) is 2. The number of aromatic amines is 2. The second-order valence-electron chi connectivity index (χ2n) is 9.16. The number of H-pyrrole nitrogens is 2. The van der Waals surface area contributed by atoms with E-state index in [9.17, 15) is 0 Å². The highest BCUT2D eigenvalue weighted by Crippen LogP contribution is 2.27. The third-order valence-corrected chi connectivity index (χ3v) is 6.43. The third-order valence-electron chi connectivity index (χ3n) is 6.43. The van der Waals surface area contributed by atoms with Crippen molar-refractivity contribution in [3.63, 3.8) is 0 Å². The Balaban J connectivity index is 1.42. The Labute approximate surface area is 192 Å². The fraction of sp³-hybridized carbons (Fsp3) is 0.500. The van der Waals surface area contributed by atoms with Gasteiger partial charge in [0.1, 0.15) is 11.6 Å². The molecule has 0 atom stereocenters. The first-order valence-electron chi connectivity index (χ1n) is 12.7. The van der Waals surface area contributed by atoms with Crippen LogP contribution >= 0.6 is 0 Å². The van der Waals surface area contributed by atoms with Crippen LogP contribution in [0.25, 0.3) is 33.2 Å². The molecule has 0 bridgehead atoms. The van der Waals surface area contributed by atoms with Crippen molar-refractivity contribution in [3.05, 3.63) is 48.0 Å². The molecule has 4 aromatic rings. The minimum Gasteiger partial charge on any atom is -0.342 e. The molecule has 0 aliphatic heterocycles. The third kappa shape index (κ3) is 5.79. The molecule has 2 aromatic heterocycles. The van der Waals surface area contributed by atoms with Crippen LogP contribution in [0, 0.1) is 0 Å². The molecule has 0 aliphatic carbocycles. The molecule has 2 aromatic carbocycles. The molecule has 0 saturated heterocycles. The molecule has 0 unspecified atom stereocenters. The van der Waals surface area contributed by atoms with E-state index in [1.165, 1.54) is 75.3 Å². The van der Waals surface area contributed by atoms with E-state index >= 15 is 0 Å². The van der Waals surface area contributed by atoms with E-state index in [1.807, 2.05) is 0 Å². The molecular formula is C28H38N4. The zero-order valence-corrected chi connectivity index (χ0v) is 19.8. The Bertz CT molecular complexity index is 1030. The molecule has 0 spiro atoms. The van der Waals surface area contributed by atoms with Crippen LogP contribution in [-0.2, 0) is 12.8 Å². The molecule has 2 heterocycles. The molecule has 32 heavy (non-hydrogen) atoms. The highest BCUT2D eigenvalue weighted by atomic mass is 14.9. The topological polar surface area (TPSA) is 57.4 Å². The summed E-state index contributed by atoms with van der Waals surface area (Å²) in [5.74, 6) is 2.22. The van der Waals surface area contributed by atoms with Gasteiger partial charge in [0.2, 0.25) is 0 Å². The van der Waals surface area contributed by atoms with E-state index in [0.29, 0.717) is 0 Å². The molecule has 0 radical (unpaired) electrons. The second kappa shape index (κ2) is 11.3. The molecule has 4 heteroatoms. The molecule has 4 nitrogen and oxygen atoms in total. The molecule has 0 amide bonds. The van der Waals surface area contributed by atoms with E-state index in [1.54, 1.807) is 0 Å². The van der Waals surface area contributed by atoms with Gasteiger partial charge in [0.25, 0.3) is 0 Å². The fourth-order valence-electron chi connectivity index (χ4n) is 4.51. The van der Waals surface area contributed by atoms with Gasteiger partial charge in [-0.05, 0) is 48.2 Å². The predicted molar refractivity (Wildman–Crippen MR) is 136 cm³/mol. The summed E-state index contributed by atoms with van der Waals surface area (Å²) in [7, 11) is 0. The number of imidazole rings is 2. The lowest BCUT2D eigenvalue weighted by Crippen LogP contribution is -1.88. The number of fused-ring (bicyclic) bond motifs is 2. The van der Waals surface area contributed by atoms with Gasteiger partial charge in [-0.2, -0.15) is 0 Å². The van der Waals surface area contributed by atoms with Crippen LogP contribution in [0.5, 0.6) is 0 Å². The quantitative estimate of drug-likeness (QED) is 0.210. The molecule has 4 rings (SSSR count). The normalized spacial score (nSPS) is 11.7. The van der Waals surface area contributed by atoms with Gasteiger partial charge >= 0.3 is 0 Å². The van der Waals surface area contributed by atoms with Crippen molar-refractivity contribution < 1.29 is 0 Å². The Morgan fingerprint density at radius 3 is 1.44 bits per heavy atom. The van der Waals surface area contributed by atoms with E-state index in [0.717, 1.165) is 46.6 Å². The minimum atomic E-state index is 1.04. The van der Waals surface area contributed by atoms with Gasteiger partial charge in [0.15, 0.2) is 0 Å². The first-order chi connectivity index (χ1) is 15.8. The van der Waals surface area contributed by atoms with Crippen molar-refractivity contribution in [2.75, 3.05) is 0 Å². The van der Waals surface area contributed by atoms with Crippen molar-refractivity contribution in [2.45, 2.75) is 90.9 Å². The maximum absolute atomic E-state index is 4.79. The summed E-state index contributed by atoms with van der Waals surface area (Å²) in [5.41, 5.74) is 6.81. The van der Waals surface area contributed by atoms with Crippen molar-refractivity contribution in [1.29, 1.82) is 0 Å². The Morgan fingerprint density at radius 2 is 1.00 bits per heavy atom. The summed E-state index contributed by atoms with van der Waals surface area (Å²) < 4.78 is 0. The number of aryl methyl sites for hydroxylation is 2. The van der Waals surface area contributed by atoms with Gasteiger partial charge in [-0.15, -0.1) is 0 Å². The number of nitrogens with one attached hydrogen (secondary N) is 2. The van der Waals surface area contributed by atoms with E-state index in [2.05, 4.69) is 60.2 Å². The lowest BCUT2D eigenvalue weighted by molar-refractivity contribution is 0.625. The monoisotopic (exact) mass is 430 g/mol. The Hall–Kier alpha value is -2.62. The van der Waals surface area contributed by atoms with Gasteiger partial charge in [-0.25, -0.2) is 9.97 Å². The Kier molecular flexibility index (Phi) is 7.97. The highest BCUT2D eigenvalue weighted by molar-refractivity contribution is 5.86. The second-order valence-corrected chi connectivity index (χ2v) is 9.16. The number of rotatable bonds is 13.